The van der Waals surface area contributed by atoms with Gasteiger partial charge in [0.1, 0.15) is 12.1 Å². The average molecular weight is 434 g/mol. The molecule has 0 saturated carbocycles. The highest BCUT2D eigenvalue weighted by Gasteiger charge is 2.20. The molecule has 0 atom stereocenters. The summed E-state index contributed by atoms with van der Waals surface area (Å²) in [6.45, 7) is 6.77. The minimum Gasteiger partial charge on any atom is -0.497 e. The van der Waals surface area contributed by atoms with Gasteiger partial charge in [-0.1, -0.05) is 12.1 Å². The maximum Gasteiger partial charge on any atom is 0.231 e. The SMILES string of the molecule is COc1cccc(N2CCN(c3ncnc(Nc4ccc(C)c(NC(C)=O)c4)n3)CC2)c1. The molecule has 1 aliphatic heterocycles. The second kappa shape index (κ2) is 9.51. The number of aromatic nitrogens is 3. The summed E-state index contributed by atoms with van der Waals surface area (Å²) in [7, 11) is 1.68. The molecule has 1 saturated heterocycles. The van der Waals surface area contributed by atoms with Crippen LogP contribution >= 0.6 is 0 Å². The maximum absolute atomic E-state index is 11.4. The van der Waals surface area contributed by atoms with Gasteiger partial charge < -0.3 is 25.2 Å². The van der Waals surface area contributed by atoms with Crippen LogP contribution in [0.1, 0.15) is 12.5 Å². The number of hydrogen-bond acceptors (Lipinski definition) is 8. The van der Waals surface area contributed by atoms with Crippen molar-refractivity contribution in [2.75, 3.05) is 53.7 Å². The van der Waals surface area contributed by atoms with Crippen molar-refractivity contribution in [3.8, 4) is 5.75 Å². The van der Waals surface area contributed by atoms with E-state index in [4.69, 9.17) is 4.74 Å². The van der Waals surface area contributed by atoms with Crippen molar-refractivity contribution in [3.63, 3.8) is 0 Å². The number of rotatable bonds is 6. The Kier molecular flexibility index (Phi) is 6.34. The minimum absolute atomic E-state index is 0.110. The van der Waals surface area contributed by atoms with E-state index in [0.29, 0.717) is 11.9 Å². The van der Waals surface area contributed by atoms with Crippen LogP contribution in [-0.4, -0.2) is 54.1 Å². The molecule has 32 heavy (non-hydrogen) atoms. The summed E-state index contributed by atoms with van der Waals surface area (Å²) in [6, 6.07) is 13.8. The van der Waals surface area contributed by atoms with Gasteiger partial charge in [0.15, 0.2) is 0 Å². The van der Waals surface area contributed by atoms with Crippen molar-refractivity contribution in [2.24, 2.45) is 0 Å². The van der Waals surface area contributed by atoms with Crippen LogP contribution in [0, 0.1) is 6.92 Å². The number of amides is 1. The number of anilines is 5. The predicted octanol–water partition coefficient (Wildman–Crippen LogP) is 3.22. The van der Waals surface area contributed by atoms with E-state index in [1.807, 2.05) is 37.3 Å². The number of aryl methyl sites for hydroxylation is 1. The fourth-order valence-electron chi connectivity index (χ4n) is 3.63. The van der Waals surface area contributed by atoms with Crippen molar-refractivity contribution in [1.82, 2.24) is 15.0 Å². The lowest BCUT2D eigenvalue weighted by Crippen LogP contribution is -2.47. The third-order valence-electron chi connectivity index (χ3n) is 5.34. The molecular formula is C23H27N7O2. The van der Waals surface area contributed by atoms with Crippen LogP contribution in [-0.2, 0) is 4.79 Å². The molecule has 0 spiro atoms. The van der Waals surface area contributed by atoms with Crippen molar-refractivity contribution in [2.45, 2.75) is 13.8 Å². The zero-order chi connectivity index (χ0) is 22.5. The minimum atomic E-state index is -0.110. The van der Waals surface area contributed by atoms with Gasteiger partial charge in [0, 0.05) is 56.2 Å². The number of nitrogens with one attached hydrogen (secondary N) is 2. The first-order valence-corrected chi connectivity index (χ1v) is 10.5. The van der Waals surface area contributed by atoms with Gasteiger partial charge in [0.05, 0.1) is 7.11 Å². The standard InChI is InChI=1S/C23H27N7O2/c1-16-7-8-18(13-21(16)26-17(2)31)27-22-24-15-25-23(28-22)30-11-9-29(10-12-30)19-5-4-6-20(14-19)32-3/h4-8,13-15H,9-12H2,1-3H3,(H,26,31)(H,24,25,27,28). The van der Waals surface area contributed by atoms with E-state index in [1.165, 1.54) is 13.3 Å². The topological polar surface area (TPSA) is 95.5 Å². The summed E-state index contributed by atoms with van der Waals surface area (Å²) in [5, 5.41) is 6.04. The lowest BCUT2D eigenvalue weighted by atomic mass is 10.2. The zero-order valence-electron chi connectivity index (χ0n) is 18.5. The number of piperazine rings is 1. The largest absolute Gasteiger partial charge is 0.497 e. The second-order valence-corrected chi connectivity index (χ2v) is 7.62. The molecule has 4 rings (SSSR count). The van der Waals surface area contributed by atoms with Crippen LogP contribution in [0.25, 0.3) is 0 Å². The first-order chi connectivity index (χ1) is 15.5. The Bertz CT molecular complexity index is 1100. The normalized spacial score (nSPS) is 13.6. The molecular weight excluding hydrogens is 406 g/mol. The smallest absolute Gasteiger partial charge is 0.231 e. The van der Waals surface area contributed by atoms with E-state index in [-0.39, 0.29) is 5.91 Å². The van der Waals surface area contributed by atoms with Gasteiger partial charge in [0.25, 0.3) is 0 Å². The average Bonchev–Trinajstić information content (AvgIpc) is 2.81. The number of hydrogen-bond donors (Lipinski definition) is 2. The molecule has 166 valence electrons. The van der Waals surface area contributed by atoms with E-state index >= 15 is 0 Å². The molecule has 0 unspecified atom stereocenters. The van der Waals surface area contributed by atoms with Gasteiger partial charge in [-0.15, -0.1) is 0 Å². The Morgan fingerprint density at radius 3 is 2.56 bits per heavy atom. The van der Waals surface area contributed by atoms with Crippen LogP contribution in [0.15, 0.2) is 48.8 Å². The Labute approximate surface area is 187 Å². The Hall–Kier alpha value is -3.88. The summed E-state index contributed by atoms with van der Waals surface area (Å²) in [6.07, 6.45) is 1.52. The van der Waals surface area contributed by atoms with E-state index in [1.54, 1.807) is 7.11 Å². The van der Waals surface area contributed by atoms with Crippen molar-refractivity contribution in [3.05, 3.63) is 54.4 Å². The first-order valence-electron chi connectivity index (χ1n) is 10.5. The Balaban J connectivity index is 1.42. The fraction of sp³-hybridized carbons (Fsp3) is 0.304. The highest BCUT2D eigenvalue weighted by molar-refractivity contribution is 5.90. The van der Waals surface area contributed by atoms with Crippen molar-refractivity contribution >= 4 is 34.9 Å². The molecule has 2 heterocycles. The Morgan fingerprint density at radius 2 is 1.81 bits per heavy atom. The molecule has 9 nitrogen and oxygen atoms in total. The molecule has 0 bridgehead atoms. The summed E-state index contributed by atoms with van der Waals surface area (Å²) < 4.78 is 5.34. The summed E-state index contributed by atoms with van der Waals surface area (Å²) in [5.41, 5.74) is 3.68. The number of methoxy groups -OCH3 is 1. The lowest BCUT2D eigenvalue weighted by molar-refractivity contribution is -0.114. The van der Waals surface area contributed by atoms with Crippen LogP contribution in [0.2, 0.25) is 0 Å². The van der Waals surface area contributed by atoms with Crippen LogP contribution in [0.3, 0.4) is 0 Å². The second-order valence-electron chi connectivity index (χ2n) is 7.62. The molecule has 9 heteroatoms. The molecule has 2 aromatic carbocycles. The fourth-order valence-corrected chi connectivity index (χ4v) is 3.63. The molecule has 0 aliphatic carbocycles. The maximum atomic E-state index is 11.4. The van der Waals surface area contributed by atoms with E-state index in [9.17, 15) is 4.79 Å². The number of ether oxygens (including phenoxy) is 1. The first kappa shape index (κ1) is 21.4. The zero-order valence-corrected chi connectivity index (χ0v) is 18.5. The number of carbonyl (C=O) groups excluding carboxylic acids is 1. The monoisotopic (exact) mass is 433 g/mol. The Morgan fingerprint density at radius 1 is 1.03 bits per heavy atom. The molecule has 3 aromatic rings. The molecule has 1 aliphatic rings. The molecule has 0 radical (unpaired) electrons. The molecule has 1 fully saturated rings. The van der Waals surface area contributed by atoms with E-state index < -0.39 is 0 Å². The lowest BCUT2D eigenvalue weighted by Gasteiger charge is -2.36. The highest BCUT2D eigenvalue weighted by atomic mass is 16.5. The number of nitrogens with zero attached hydrogens (tertiary/aromatic N) is 5. The van der Waals surface area contributed by atoms with E-state index in [2.05, 4.69) is 47.5 Å². The molecule has 1 aromatic heterocycles. The van der Waals surface area contributed by atoms with Gasteiger partial charge in [-0.3, -0.25) is 4.79 Å². The number of carbonyl (C=O) groups is 1. The predicted molar refractivity (Wildman–Crippen MR) is 126 cm³/mol. The van der Waals surface area contributed by atoms with Gasteiger partial charge in [-0.05, 0) is 36.8 Å². The van der Waals surface area contributed by atoms with Gasteiger partial charge in [0.2, 0.25) is 17.8 Å². The van der Waals surface area contributed by atoms with E-state index in [0.717, 1.165) is 54.6 Å². The molecule has 1 amide bonds. The van der Waals surface area contributed by atoms with Crippen molar-refractivity contribution < 1.29 is 9.53 Å². The quantitative estimate of drug-likeness (QED) is 0.612. The van der Waals surface area contributed by atoms with Crippen LogP contribution in [0.4, 0.5) is 29.0 Å². The summed E-state index contributed by atoms with van der Waals surface area (Å²) >= 11 is 0. The third kappa shape index (κ3) is 5.05. The summed E-state index contributed by atoms with van der Waals surface area (Å²) in [4.78, 5) is 29.1. The highest BCUT2D eigenvalue weighted by Crippen LogP contribution is 2.24. The third-order valence-corrected chi connectivity index (χ3v) is 5.34. The number of benzene rings is 2. The van der Waals surface area contributed by atoms with Gasteiger partial charge in [-0.2, -0.15) is 4.98 Å². The molecule has 2 N–H and O–H groups in total. The van der Waals surface area contributed by atoms with Crippen LogP contribution < -0.4 is 25.2 Å². The summed E-state index contributed by atoms with van der Waals surface area (Å²) in [5.74, 6) is 1.85. The van der Waals surface area contributed by atoms with Crippen LogP contribution in [0.5, 0.6) is 5.75 Å². The van der Waals surface area contributed by atoms with Crippen molar-refractivity contribution in [1.29, 1.82) is 0 Å². The van der Waals surface area contributed by atoms with Gasteiger partial charge in [-0.25, -0.2) is 9.97 Å². The van der Waals surface area contributed by atoms with Gasteiger partial charge >= 0.3 is 0 Å².